The third kappa shape index (κ3) is 4.17. The van der Waals surface area contributed by atoms with Crippen molar-refractivity contribution in [3.8, 4) is 0 Å². The first kappa shape index (κ1) is 16.7. The van der Waals surface area contributed by atoms with E-state index in [2.05, 4.69) is 15.6 Å². The number of alkyl halides is 3. The van der Waals surface area contributed by atoms with Gasteiger partial charge in [-0.1, -0.05) is 0 Å². The van der Waals surface area contributed by atoms with Gasteiger partial charge in [0.1, 0.15) is 6.04 Å². The van der Waals surface area contributed by atoms with Crippen LogP contribution in [0.25, 0.3) is 0 Å². The lowest BCUT2D eigenvalue weighted by atomic mass is 10.1. The summed E-state index contributed by atoms with van der Waals surface area (Å²) >= 11 is 0. The Labute approximate surface area is 126 Å². The number of rotatable bonds is 4. The number of aryl methyl sites for hydroxylation is 1. The maximum absolute atomic E-state index is 13.2. The summed E-state index contributed by atoms with van der Waals surface area (Å²) in [5, 5.41) is 5.40. The Balaban J connectivity index is 2.02. The predicted molar refractivity (Wildman–Crippen MR) is 75.6 cm³/mol. The van der Waals surface area contributed by atoms with Gasteiger partial charge in [-0.05, 0) is 19.1 Å². The first-order chi connectivity index (χ1) is 10.4. The average molecular weight is 316 g/mol. The molecule has 0 bridgehead atoms. The summed E-state index contributed by atoms with van der Waals surface area (Å²) in [4.78, 5) is 17.3. The molecule has 0 saturated carbocycles. The van der Waals surface area contributed by atoms with Crippen LogP contribution in [0.5, 0.6) is 0 Å². The van der Waals surface area contributed by atoms with Crippen LogP contribution < -0.4 is 10.6 Å². The number of amides is 1. The van der Waals surface area contributed by atoms with Gasteiger partial charge in [-0.2, -0.15) is 13.2 Å². The quantitative estimate of drug-likeness (QED) is 0.869. The molecular formula is C14H19F3N4O. The standard InChI is InChI=1S/C14H19F3N4O/c1-10-11(3-2-4-19-10)13(22)20-9-12(14(15,16)17)21-7-5-18-6-8-21/h2-4,12,18H,5-9H2,1H3,(H,20,22). The number of nitrogens with one attached hydrogen (secondary N) is 2. The van der Waals surface area contributed by atoms with Gasteiger partial charge in [-0.15, -0.1) is 0 Å². The van der Waals surface area contributed by atoms with E-state index in [1.165, 1.54) is 11.1 Å². The topological polar surface area (TPSA) is 57.3 Å². The van der Waals surface area contributed by atoms with E-state index in [-0.39, 0.29) is 0 Å². The van der Waals surface area contributed by atoms with Crippen LogP contribution in [0.3, 0.4) is 0 Å². The zero-order valence-corrected chi connectivity index (χ0v) is 12.3. The monoisotopic (exact) mass is 316 g/mol. The third-order valence-corrected chi connectivity index (χ3v) is 3.68. The highest BCUT2D eigenvalue weighted by atomic mass is 19.4. The molecule has 122 valence electrons. The number of pyridine rings is 1. The van der Waals surface area contributed by atoms with E-state index < -0.39 is 24.7 Å². The smallest absolute Gasteiger partial charge is 0.350 e. The van der Waals surface area contributed by atoms with Crippen LogP contribution in [0.1, 0.15) is 16.1 Å². The molecule has 1 saturated heterocycles. The maximum Gasteiger partial charge on any atom is 0.405 e. The molecule has 22 heavy (non-hydrogen) atoms. The fraction of sp³-hybridized carbons (Fsp3) is 0.571. The largest absolute Gasteiger partial charge is 0.405 e. The number of carbonyl (C=O) groups excluding carboxylic acids is 1. The van der Waals surface area contributed by atoms with E-state index in [1.54, 1.807) is 19.1 Å². The third-order valence-electron chi connectivity index (χ3n) is 3.68. The van der Waals surface area contributed by atoms with Crippen LogP contribution in [0.2, 0.25) is 0 Å². The molecule has 1 aliphatic rings. The van der Waals surface area contributed by atoms with Gasteiger partial charge in [0.2, 0.25) is 0 Å². The second-order valence-electron chi connectivity index (χ2n) is 5.19. The molecule has 0 spiro atoms. The van der Waals surface area contributed by atoms with Crippen molar-refractivity contribution in [3.05, 3.63) is 29.6 Å². The Kier molecular flexibility index (Phi) is 5.36. The summed E-state index contributed by atoms with van der Waals surface area (Å²) in [7, 11) is 0. The summed E-state index contributed by atoms with van der Waals surface area (Å²) in [6.07, 6.45) is -2.85. The first-order valence-corrected chi connectivity index (χ1v) is 7.11. The molecule has 1 fully saturated rings. The highest BCUT2D eigenvalue weighted by Crippen LogP contribution is 2.24. The Bertz CT molecular complexity index is 515. The Hall–Kier alpha value is -1.67. The van der Waals surface area contributed by atoms with Crippen molar-refractivity contribution in [2.75, 3.05) is 32.7 Å². The van der Waals surface area contributed by atoms with Gasteiger partial charge in [0.05, 0.1) is 5.56 Å². The Morgan fingerprint density at radius 2 is 2.14 bits per heavy atom. The number of halogens is 3. The van der Waals surface area contributed by atoms with E-state index in [0.717, 1.165) is 0 Å². The highest BCUT2D eigenvalue weighted by Gasteiger charge is 2.43. The second kappa shape index (κ2) is 7.06. The van der Waals surface area contributed by atoms with Crippen molar-refractivity contribution < 1.29 is 18.0 Å². The minimum absolute atomic E-state index is 0.295. The number of piperazine rings is 1. The molecule has 1 amide bonds. The summed E-state index contributed by atoms with van der Waals surface area (Å²) in [6.45, 7) is 2.84. The molecule has 2 rings (SSSR count). The van der Waals surface area contributed by atoms with Crippen LogP contribution in [0.4, 0.5) is 13.2 Å². The predicted octanol–water partition coefficient (Wildman–Crippen LogP) is 0.956. The highest BCUT2D eigenvalue weighted by molar-refractivity contribution is 5.95. The molecule has 0 aliphatic carbocycles. The molecule has 1 aromatic rings. The number of aromatic nitrogens is 1. The fourth-order valence-corrected chi connectivity index (χ4v) is 2.45. The van der Waals surface area contributed by atoms with Gasteiger partial charge in [-0.3, -0.25) is 14.7 Å². The molecule has 5 nitrogen and oxygen atoms in total. The van der Waals surface area contributed by atoms with Crippen molar-refractivity contribution in [2.24, 2.45) is 0 Å². The van der Waals surface area contributed by atoms with Crippen molar-refractivity contribution in [2.45, 2.75) is 19.1 Å². The molecular weight excluding hydrogens is 297 g/mol. The summed E-state index contributed by atoms with van der Waals surface area (Å²) in [6, 6.07) is 1.46. The molecule has 2 N–H and O–H groups in total. The van der Waals surface area contributed by atoms with Gasteiger partial charge in [0, 0.05) is 44.6 Å². The molecule has 2 heterocycles. The van der Waals surface area contributed by atoms with Crippen LogP contribution >= 0.6 is 0 Å². The van der Waals surface area contributed by atoms with E-state index in [4.69, 9.17) is 0 Å². The lowest BCUT2D eigenvalue weighted by molar-refractivity contribution is -0.183. The molecule has 8 heteroatoms. The number of hydrogen-bond acceptors (Lipinski definition) is 4. The van der Waals surface area contributed by atoms with Gasteiger partial charge in [-0.25, -0.2) is 0 Å². The molecule has 1 atom stereocenters. The lowest BCUT2D eigenvalue weighted by Gasteiger charge is -2.35. The van der Waals surface area contributed by atoms with E-state index in [9.17, 15) is 18.0 Å². The molecule has 0 radical (unpaired) electrons. The average Bonchev–Trinajstić information content (AvgIpc) is 2.47. The van der Waals surface area contributed by atoms with Crippen molar-refractivity contribution in [1.82, 2.24) is 20.5 Å². The molecule has 1 aromatic heterocycles. The summed E-state index contributed by atoms with van der Waals surface area (Å²) in [5.74, 6) is -0.532. The summed E-state index contributed by atoms with van der Waals surface area (Å²) < 4.78 is 39.6. The number of carbonyl (C=O) groups is 1. The van der Waals surface area contributed by atoms with Gasteiger partial charge in [0.25, 0.3) is 5.91 Å². The second-order valence-corrected chi connectivity index (χ2v) is 5.19. The van der Waals surface area contributed by atoms with E-state index >= 15 is 0 Å². The minimum atomic E-state index is -4.38. The minimum Gasteiger partial charge on any atom is -0.350 e. The van der Waals surface area contributed by atoms with Crippen LogP contribution in [-0.2, 0) is 0 Å². The zero-order valence-electron chi connectivity index (χ0n) is 12.3. The SMILES string of the molecule is Cc1ncccc1C(=O)NCC(N1CCNCC1)C(F)(F)F. The Morgan fingerprint density at radius 3 is 2.73 bits per heavy atom. The van der Waals surface area contributed by atoms with Crippen molar-refractivity contribution in [1.29, 1.82) is 0 Å². The van der Waals surface area contributed by atoms with E-state index in [0.29, 0.717) is 37.4 Å². The van der Waals surface area contributed by atoms with Gasteiger partial charge < -0.3 is 10.6 Å². The summed E-state index contributed by atoms with van der Waals surface area (Å²) in [5.41, 5.74) is 0.787. The van der Waals surface area contributed by atoms with Gasteiger partial charge >= 0.3 is 6.18 Å². The van der Waals surface area contributed by atoms with Crippen molar-refractivity contribution in [3.63, 3.8) is 0 Å². The first-order valence-electron chi connectivity index (χ1n) is 7.11. The normalized spacial score (nSPS) is 18.0. The molecule has 1 unspecified atom stereocenters. The van der Waals surface area contributed by atoms with Crippen LogP contribution in [0, 0.1) is 6.92 Å². The van der Waals surface area contributed by atoms with Crippen LogP contribution in [-0.4, -0.2) is 60.7 Å². The van der Waals surface area contributed by atoms with Crippen molar-refractivity contribution >= 4 is 5.91 Å². The maximum atomic E-state index is 13.2. The number of hydrogen-bond donors (Lipinski definition) is 2. The molecule has 1 aliphatic heterocycles. The molecule has 0 aromatic carbocycles. The van der Waals surface area contributed by atoms with Crippen LogP contribution in [0.15, 0.2) is 18.3 Å². The number of nitrogens with zero attached hydrogens (tertiary/aromatic N) is 2. The zero-order chi connectivity index (χ0) is 16.2. The van der Waals surface area contributed by atoms with Gasteiger partial charge in [0.15, 0.2) is 0 Å². The Morgan fingerprint density at radius 1 is 1.45 bits per heavy atom. The fourth-order valence-electron chi connectivity index (χ4n) is 2.45. The van der Waals surface area contributed by atoms with E-state index in [1.807, 2.05) is 0 Å². The lowest BCUT2D eigenvalue weighted by Crippen LogP contribution is -2.57.